The lowest BCUT2D eigenvalue weighted by atomic mass is 9.96. The van der Waals surface area contributed by atoms with Gasteiger partial charge in [0.05, 0.1) is 18.4 Å². The lowest BCUT2D eigenvalue weighted by molar-refractivity contribution is -0.113. The molecule has 1 N–H and O–H groups in total. The summed E-state index contributed by atoms with van der Waals surface area (Å²) in [4.78, 5) is 26.6. The van der Waals surface area contributed by atoms with Crippen molar-refractivity contribution in [2.24, 2.45) is 7.05 Å². The lowest BCUT2D eigenvalue weighted by Gasteiger charge is -2.11. The molecule has 1 aliphatic carbocycles. The van der Waals surface area contributed by atoms with Gasteiger partial charge in [0.25, 0.3) is 0 Å². The highest BCUT2D eigenvalue weighted by atomic mass is 32.2. The molecule has 0 saturated carbocycles. The standard InChI is InChI=1S/C26H32N4O4S2/c1-16-11-12-18(13-17(16)2)34-14-21-28-29-26(30(21)3)35-15-22(31)27-24-23(25(32)33-4)19-9-7-5-6-8-10-20(19)36-24/h11-13H,5-10,14-15H2,1-4H3,(H,27,31). The van der Waals surface area contributed by atoms with Crippen LogP contribution in [0, 0.1) is 13.8 Å². The third-order valence-electron chi connectivity index (χ3n) is 6.42. The van der Waals surface area contributed by atoms with E-state index in [-0.39, 0.29) is 18.3 Å². The average molecular weight is 529 g/mol. The summed E-state index contributed by atoms with van der Waals surface area (Å²) < 4.78 is 12.8. The number of anilines is 1. The minimum atomic E-state index is -0.391. The molecule has 0 saturated heterocycles. The van der Waals surface area contributed by atoms with Gasteiger partial charge in [0, 0.05) is 11.9 Å². The molecule has 0 radical (unpaired) electrons. The summed E-state index contributed by atoms with van der Waals surface area (Å²) in [5.74, 6) is 1.00. The third kappa shape index (κ3) is 6.10. The number of rotatable bonds is 8. The number of amides is 1. The van der Waals surface area contributed by atoms with Gasteiger partial charge in [0.15, 0.2) is 11.0 Å². The second-order valence-corrected chi connectivity index (χ2v) is 11.0. The molecule has 8 nitrogen and oxygen atoms in total. The Labute approximate surface area is 219 Å². The highest BCUT2D eigenvalue weighted by Gasteiger charge is 2.26. The molecule has 0 atom stereocenters. The maximum absolute atomic E-state index is 12.8. The predicted molar refractivity (Wildman–Crippen MR) is 142 cm³/mol. The number of thiophene rings is 1. The number of nitrogens with zero attached hydrogens (tertiary/aromatic N) is 3. The molecular weight excluding hydrogens is 496 g/mol. The van der Waals surface area contributed by atoms with Crippen LogP contribution in [0.25, 0.3) is 0 Å². The molecule has 0 aliphatic heterocycles. The van der Waals surface area contributed by atoms with E-state index in [1.54, 1.807) is 0 Å². The van der Waals surface area contributed by atoms with Crippen LogP contribution < -0.4 is 10.1 Å². The first-order valence-electron chi connectivity index (χ1n) is 12.1. The van der Waals surface area contributed by atoms with Crippen LogP contribution >= 0.6 is 23.1 Å². The van der Waals surface area contributed by atoms with Crippen molar-refractivity contribution in [2.75, 3.05) is 18.2 Å². The zero-order chi connectivity index (χ0) is 25.7. The van der Waals surface area contributed by atoms with Gasteiger partial charge in [-0.3, -0.25) is 4.79 Å². The van der Waals surface area contributed by atoms with Crippen LogP contribution in [0.2, 0.25) is 0 Å². The van der Waals surface area contributed by atoms with Crippen molar-refractivity contribution in [3.63, 3.8) is 0 Å². The third-order valence-corrected chi connectivity index (χ3v) is 8.64. The Morgan fingerprint density at radius 2 is 1.89 bits per heavy atom. The van der Waals surface area contributed by atoms with Gasteiger partial charge < -0.3 is 19.4 Å². The Morgan fingerprint density at radius 1 is 1.11 bits per heavy atom. The van der Waals surface area contributed by atoms with Gasteiger partial charge in [-0.1, -0.05) is 30.7 Å². The van der Waals surface area contributed by atoms with Gasteiger partial charge in [-0.25, -0.2) is 4.79 Å². The SMILES string of the molecule is COC(=O)c1c(NC(=O)CSc2nnc(COc3ccc(C)c(C)c3)n2C)sc2c1CCCCCC2. The fourth-order valence-electron chi connectivity index (χ4n) is 4.17. The molecule has 10 heteroatoms. The smallest absolute Gasteiger partial charge is 0.341 e. The number of benzene rings is 1. The largest absolute Gasteiger partial charge is 0.486 e. The first-order chi connectivity index (χ1) is 17.4. The number of nitrogens with one attached hydrogen (secondary N) is 1. The molecule has 2 aromatic heterocycles. The number of carbonyl (C=O) groups is 2. The first kappa shape index (κ1) is 26.2. The van der Waals surface area contributed by atoms with E-state index >= 15 is 0 Å². The van der Waals surface area contributed by atoms with Crippen molar-refractivity contribution < 1.29 is 19.1 Å². The molecule has 36 heavy (non-hydrogen) atoms. The van der Waals surface area contributed by atoms with Gasteiger partial charge in [-0.15, -0.1) is 21.5 Å². The summed E-state index contributed by atoms with van der Waals surface area (Å²) in [5, 5.41) is 12.6. The molecule has 2 heterocycles. The van der Waals surface area contributed by atoms with Crippen molar-refractivity contribution in [3.05, 3.63) is 51.2 Å². The molecule has 192 valence electrons. The number of aryl methyl sites for hydroxylation is 3. The maximum atomic E-state index is 12.8. The lowest BCUT2D eigenvalue weighted by Crippen LogP contribution is -2.16. The zero-order valence-electron chi connectivity index (χ0n) is 21.2. The number of aromatic nitrogens is 3. The summed E-state index contributed by atoms with van der Waals surface area (Å²) in [5.41, 5.74) is 3.93. The molecule has 0 unspecified atom stereocenters. The van der Waals surface area contributed by atoms with E-state index in [2.05, 4.69) is 22.4 Å². The van der Waals surface area contributed by atoms with Gasteiger partial charge in [-0.05, 0) is 68.4 Å². The monoisotopic (exact) mass is 528 g/mol. The molecule has 0 bridgehead atoms. The van der Waals surface area contributed by atoms with Gasteiger partial charge >= 0.3 is 5.97 Å². The predicted octanol–water partition coefficient (Wildman–Crippen LogP) is 5.25. The van der Waals surface area contributed by atoms with Crippen molar-refractivity contribution >= 4 is 40.0 Å². The maximum Gasteiger partial charge on any atom is 0.341 e. The van der Waals surface area contributed by atoms with E-state index in [1.165, 1.54) is 52.6 Å². The number of hydrogen-bond acceptors (Lipinski definition) is 8. The van der Waals surface area contributed by atoms with Crippen LogP contribution in [-0.4, -0.2) is 39.5 Å². The molecule has 4 rings (SSSR count). The average Bonchev–Trinajstić information content (AvgIpc) is 3.36. The Hall–Kier alpha value is -2.85. The molecule has 0 fully saturated rings. The second-order valence-electron chi connectivity index (χ2n) is 8.94. The summed E-state index contributed by atoms with van der Waals surface area (Å²) in [7, 11) is 3.24. The summed E-state index contributed by atoms with van der Waals surface area (Å²) in [6, 6.07) is 5.97. The highest BCUT2D eigenvalue weighted by molar-refractivity contribution is 7.99. The van der Waals surface area contributed by atoms with E-state index in [0.29, 0.717) is 21.5 Å². The summed E-state index contributed by atoms with van der Waals surface area (Å²) >= 11 is 2.79. The highest BCUT2D eigenvalue weighted by Crippen LogP contribution is 2.37. The number of methoxy groups -OCH3 is 1. The summed E-state index contributed by atoms with van der Waals surface area (Å²) in [6.45, 7) is 4.39. The number of thioether (sulfide) groups is 1. The Bertz CT molecular complexity index is 1250. The van der Waals surface area contributed by atoms with Crippen LogP contribution in [0.4, 0.5) is 5.00 Å². The molecule has 1 aromatic carbocycles. The fourth-order valence-corrected chi connectivity index (χ4v) is 6.19. The number of fused-ring (bicyclic) bond motifs is 1. The van der Waals surface area contributed by atoms with Gasteiger partial charge in [-0.2, -0.15) is 0 Å². The van der Waals surface area contributed by atoms with Crippen molar-refractivity contribution in [1.82, 2.24) is 14.8 Å². The molecule has 0 spiro atoms. The van der Waals surface area contributed by atoms with Crippen LogP contribution in [0.1, 0.15) is 63.4 Å². The van der Waals surface area contributed by atoms with E-state index < -0.39 is 5.97 Å². The van der Waals surface area contributed by atoms with Crippen molar-refractivity contribution in [2.45, 2.75) is 64.1 Å². The zero-order valence-corrected chi connectivity index (χ0v) is 22.8. The fraction of sp³-hybridized carbons (Fsp3) is 0.462. The number of esters is 1. The Kier molecular flexibility index (Phi) is 8.68. The van der Waals surface area contributed by atoms with Crippen LogP contribution in [0.3, 0.4) is 0 Å². The second kappa shape index (κ2) is 11.9. The molecule has 1 aliphatic rings. The summed E-state index contributed by atoms with van der Waals surface area (Å²) in [6.07, 6.45) is 6.26. The number of carbonyl (C=O) groups excluding carboxylic acids is 2. The van der Waals surface area contributed by atoms with Gasteiger partial charge in [0.2, 0.25) is 5.91 Å². The van der Waals surface area contributed by atoms with E-state index in [9.17, 15) is 9.59 Å². The Balaban J connectivity index is 1.38. The van der Waals surface area contributed by atoms with Crippen LogP contribution in [-0.2, 0) is 36.0 Å². The van der Waals surface area contributed by atoms with Crippen LogP contribution in [0.5, 0.6) is 5.75 Å². The topological polar surface area (TPSA) is 95.3 Å². The van der Waals surface area contributed by atoms with Crippen LogP contribution in [0.15, 0.2) is 23.4 Å². The van der Waals surface area contributed by atoms with E-state index in [0.717, 1.165) is 43.4 Å². The van der Waals surface area contributed by atoms with Gasteiger partial charge in [0.1, 0.15) is 17.4 Å². The normalized spacial score (nSPS) is 13.4. The van der Waals surface area contributed by atoms with E-state index in [1.807, 2.05) is 36.7 Å². The van der Waals surface area contributed by atoms with Crippen molar-refractivity contribution in [3.8, 4) is 5.75 Å². The van der Waals surface area contributed by atoms with Crippen molar-refractivity contribution in [1.29, 1.82) is 0 Å². The molecule has 1 amide bonds. The molecule has 3 aromatic rings. The molecular formula is C26H32N4O4S2. The quantitative estimate of drug-likeness (QED) is 0.315. The minimum absolute atomic E-state index is 0.146. The number of hydrogen-bond donors (Lipinski definition) is 1. The Morgan fingerprint density at radius 3 is 2.64 bits per heavy atom. The first-order valence-corrected chi connectivity index (χ1v) is 13.9. The minimum Gasteiger partial charge on any atom is -0.486 e. The van der Waals surface area contributed by atoms with E-state index in [4.69, 9.17) is 9.47 Å². The number of ether oxygens (including phenoxy) is 2.